The summed E-state index contributed by atoms with van der Waals surface area (Å²) in [6, 6.07) is 3.41. The Morgan fingerprint density at radius 1 is 1.03 bits per heavy atom. The van der Waals surface area contributed by atoms with Gasteiger partial charge in [0.05, 0.1) is 22.3 Å². The summed E-state index contributed by atoms with van der Waals surface area (Å²) in [5.41, 5.74) is 5.96. The highest BCUT2D eigenvalue weighted by atomic mass is 32.1. The van der Waals surface area contributed by atoms with Crippen molar-refractivity contribution in [1.82, 2.24) is 20.0 Å². The molecule has 0 amide bonds. The predicted octanol–water partition coefficient (Wildman–Crippen LogP) is 4.39. The van der Waals surface area contributed by atoms with Gasteiger partial charge in [-0.3, -0.25) is 0 Å². The van der Waals surface area contributed by atoms with Gasteiger partial charge in [0.1, 0.15) is 0 Å². The molecule has 3 aliphatic heterocycles. The minimum absolute atomic E-state index is 0.357. The highest BCUT2D eigenvalue weighted by Crippen LogP contribution is 2.44. The zero-order valence-corrected chi connectivity index (χ0v) is 22.3. The van der Waals surface area contributed by atoms with Crippen molar-refractivity contribution in [1.29, 1.82) is 0 Å². The molecule has 2 fully saturated rings. The van der Waals surface area contributed by atoms with Crippen molar-refractivity contribution in [3.8, 4) is 0 Å². The van der Waals surface area contributed by atoms with E-state index in [0.29, 0.717) is 12.1 Å². The molecule has 6 heteroatoms. The topological polar surface area (TPSA) is 25.0 Å². The van der Waals surface area contributed by atoms with Crippen molar-refractivity contribution >= 4 is 22.7 Å². The van der Waals surface area contributed by atoms with Gasteiger partial charge < -0.3 is 24.9 Å². The summed E-state index contributed by atoms with van der Waals surface area (Å²) in [5, 5.41) is 3.47. The van der Waals surface area contributed by atoms with Gasteiger partial charge >= 0.3 is 0 Å². The maximum atomic E-state index is 3.47. The number of hydrogen-bond donors (Lipinski definition) is 1. The predicted molar refractivity (Wildman–Crippen MR) is 144 cm³/mol. The molecular formula is C27H43N5S. The Morgan fingerprint density at radius 3 is 2.42 bits per heavy atom. The third-order valence-corrected chi connectivity index (χ3v) is 8.54. The Labute approximate surface area is 205 Å². The third kappa shape index (κ3) is 5.03. The standard InChI is InChI=1S/C25H37N5S.C2H6/c1-18-15-23-25(31-18)24(30-12-9-21(17-30)27(2)3)16-22(28(23)4)19-5-7-20(8-6-19)29-13-10-26-11-14-29;1-2/h5,7,15-16,21-22,26H,6,8-14,17H2,1-4H3;1-2H3. The normalized spacial score (nSPS) is 25.3. The molecule has 5 rings (SSSR count). The lowest BCUT2D eigenvalue weighted by Crippen LogP contribution is -2.43. The van der Waals surface area contributed by atoms with E-state index in [1.807, 2.05) is 25.2 Å². The van der Waals surface area contributed by atoms with Crippen LogP contribution in [0.5, 0.6) is 0 Å². The summed E-state index contributed by atoms with van der Waals surface area (Å²) in [4.78, 5) is 13.0. The quantitative estimate of drug-likeness (QED) is 0.705. The van der Waals surface area contributed by atoms with Gasteiger partial charge in [-0.1, -0.05) is 19.9 Å². The highest BCUT2D eigenvalue weighted by molar-refractivity contribution is 7.13. The highest BCUT2D eigenvalue weighted by Gasteiger charge is 2.34. The van der Waals surface area contributed by atoms with E-state index in [1.54, 1.807) is 5.57 Å². The number of aryl methyl sites for hydroxylation is 1. The molecule has 0 spiro atoms. The molecule has 1 aromatic rings. The summed E-state index contributed by atoms with van der Waals surface area (Å²) in [7, 11) is 6.72. The van der Waals surface area contributed by atoms with Gasteiger partial charge in [0, 0.05) is 62.9 Å². The Morgan fingerprint density at radius 2 is 1.79 bits per heavy atom. The van der Waals surface area contributed by atoms with Crippen LogP contribution in [0.3, 0.4) is 0 Å². The van der Waals surface area contributed by atoms with E-state index in [0.717, 1.165) is 45.7 Å². The molecular weight excluding hydrogens is 426 g/mol. The number of nitrogens with one attached hydrogen (secondary N) is 1. The van der Waals surface area contributed by atoms with E-state index in [4.69, 9.17) is 0 Å². The number of nitrogens with zero attached hydrogens (tertiary/aromatic N) is 4. The van der Waals surface area contributed by atoms with E-state index in [9.17, 15) is 0 Å². The molecule has 0 bridgehead atoms. The molecule has 2 saturated heterocycles. The first-order valence-electron chi connectivity index (χ1n) is 12.8. The fraction of sp³-hybridized carbons (Fsp3) is 0.630. The first-order valence-corrected chi connectivity index (χ1v) is 13.6. The number of anilines is 1. The van der Waals surface area contributed by atoms with Gasteiger partial charge in [-0.15, -0.1) is 11.3 Å². The van der Waals surface area contributed by atoms with Crippen molar-refractivity contribution in [3.63, 3.8) is 0 Å². The minimum atomic E-state index is 0.357. The zero-order valence-electron chi connectivity index (χ0n) is 21.5. The molecule has 33 heavy (non-hydrogen) atoms. The van der Waals surface area contributed by atoms with Crippen LogP contribution in [-0.2, 0) is 0 Å². The van der Waals surface area contributed by atoms with Crippen LogP contribution in [0.4, 0.5) is 5.69 Å². The number of likely N-dealkylation sites (N-methyl/N-ethyl adjacent to an activating group) is 2. The maximum Gasteiger partial charge on any atom is 0.0738 e. The van der Waals surface area contributed by atoms with Crippen LogP contribution in [0.1, 0.15) is 42.9 Å². The summed E-state index contributed by atoms with van der Waals surface area (Å²) >= 11 is 1.96. The summed E-state index contributed by atoms with van der Waals surface area (Å²) in [6.07, 6.45) is 11.0. The summed E-state index contributed by atoms with van der Waals surface area (Å²) in [6.45, 7) is 13.0. The summed E-state index contributed by atoms with van der Waals surface area (Å²) in [5.74, 6) is 0. The number of thiophene rings is 1. The van der Waals surface area contributed by atoms with Gasteiger partial charge in [-0.05, 0) is 64.1 Å². The van der Waals surface area contributed by atoms with Crippen molar-refractivity contribution in [2.45, 2.75) is 52.1 Å². The Kier molecular flexibility index (Phi) is 7.87. The monoisotopic (exact) mass is 469 g/mol. The number of fused-ring (bicyclic) bond motifs is 1. The molecule has 2 atom stereocenters. The zero-order chi connectivity index (χ0) is 23.5. The van der Waals surface area contributed by atoms with Gasteiger partial charge in [-0.2, -0.15) is 0 Å². The fourth-order valence-corrected chi connectivity index (χ4v) is 6.63. The number of piperazine rings is 1. The van der Waals surface area contributed by atoms with Crippen LogP contribution in [-0.4, -0.2) is 87.2 Å². The summed E-state index contributed by atoms with van der Waals surface area (Å²) < 4.78 is 0. The fourth-order valence-electron chi connectivity index (χ4n) is 5.52. The molecule has 2 unspecified atom stereocenters. The molecule has 5 nitrogen and oxygen atoms in total. The van der Waals surface area contributed by atoms with Gasteiger partial charge in [0.2, 0.25) is 0 Å². The Bertz CT molecular complexity index is 906. The van der Waals surface area contributed by atoms with Gasteiger partial charge in [0.15, 0.2) is 0 Å². The number of rotatable bonds is 4. The molecule has 0 aromatic carbocycles. The molecule has 1 N–H and O–H groups in total. The SMILES string of the molecule is CC.Cc1cc2c(s1)C(N1CCC(N(C)C)C1)=CC(C1=CC=C(N3CCNCC3)CC1)N2C. The number of hydrogen-bond acceptors (Lipinski definition) is 6. The van der Waals surface area contributed by atoms with Crippen LogP contribution in [0.2, 0.25) is 0 Å². The Hall–Kier alpha value is -1.76. The number of allylic oxidation sites excluding steroid dienone is 3. The van der Waals surface area contributed by atoms with Gasteiger partial charge in [-0.25, -0.2) is 0 Å². The molecule has 4 heterocycles. The maximum absolute atomic E-state index is 3.47. The van der Waals surface area contributed by atoms with Crippen LogP contribution >= 0.6 is 11.3 Å². The number of likely N-dealkylation sites (tertiary alicyclic amines) is 1. The molecule has 0 saturated carbocycles. The second-order valence-electron chi connectivity index (χ2n) is 9.67. The molecule has 182 valence electrons. The first kappa shape index (κ1) is 24.4. The van der Waals surface area contributed by atoms with E-state index >= 15 is 0 Å². The largest absolute Gasteiger partial charge is 0.372 e. The molecule has 0 radical (unpaired) electrons. The molecule has 4 aliphatic rings. The van der Waals surface area contributed by atoms with Crippen molar-refractivity contribution in [3.05, 3.63) is 45.3 Å². The van der Waals surface area contributed by atoms with E-state index in [1.165, 1.54) is 39.7 Å². The van der Waals surface area contributed by atoms with Crippen LogP contribution < -0.4 is 10.2 Å². The van der Waals surface area contributed by atoms with E-state index < -0.39 is 0 Å². The first-order chi connectivity index (χ1) is 16.0. The second kappa shape index (κ2) is 10.7. The third-order valence-electron chi connectivity index (χ3n) is 7.48. The smallest absolute Gasteiger partial charge is 0.0738 e. The van der Waals surface area contributed by atoms with Gasteiger partial charge in [0.25, 0.3) is 0 Å². The van der Waals surface area contributed by atoms with Crippen LogP contribution in [0.25, 0.3) is 5.70 Å². The van der Waals surface area contributed by atoms with Crippen molar-refractivity contribution in [2.24, 2.45) is 0 Å². The van der Waals surface area contributed by atoms with Crippen LogP contribution in [0, 0.1) is 6.92 Å². The average molecular weight is 470 g/mol. The van der Waals surface area contributed by atoms with E-state index in [2.05, 4.69) is 77.3 Å². The second-order valence-corrected chi connectivity index (χ2v) is 10.9. The average Bonchev–Trinajstić information content (AvgIpc) is 3.49. The molecule has 1 aromatic heterocycles. The van der Waals surface area contributed by atoms with Crippen LogP contribution in [0.15, 0.2) is 35.6 Å². The lowest BCUT2D eigenvalue weighted by atomic mass is 9.91. The Balaban J connectivity index is 0.00000126. The lowest BCUT2D eigenvalue weighted by molar-refractivity contribution is 0.289. The van der Waals surface area contributed by atoms with E-state index in [-0.39, 0.29) is 0 Å². The molecule has 1 aliphatic carbocycles. The van der Waals surface area contributed by atoms with Crippen molar-refractivity contribution in [2.75, 3.05) is 65.3 Å². The lowest BCUT2D eigenvalue weighted by Gasteiger charge is -2.39. The minimum Gasteiger partial charge on any atom is -0.372 e. The van der Waals surface area contributed by atoms with Crippen molar-refractivity contribution < 1.29 is 0 Å².